The summed E-state index contributed by atoms with van der Waals surface area (Å²) in [6.07, 6.45) is 0.564. The second-order valence-corrected chi connectivity index (χ2v) is 6.57. The van der Waals surface area contributed by atoms with Gasteiger partial charge in [-0.05, 0) is 24.3 Å². The molecule has 0 spiro atoms. The molecule has 7 heteroatoms. The average Bonchev–Trinajstić information content (AvgIpc) is 3.13. The van der Waals surface area contributed by atoms with Crippen molar-refractivity contribution >= 4 is 28.1 Å². The van der Waals surface area contributed by atoms with Gasteiger partial charge in [0.25, 0.3) is 0 Å². The Hall–Kier alpha value is -3.48. The number of methoxy groups -OCH3 is 1. The van der Waals surface area contributed by atoms with Crippen LogP contribution in [0.5, 0.6) is 11.5 Å². The number of hydrogen-bond donors (Lipinski definition) is 3. The molecule has 27 heavy (non-hydrogen) atoms. The fraction of sp³-hybridized carbons (Fsp3) is 0.200. The highest BCUT2D eigenvalue weighted by Gasteiger charge is 2.42. The molecule has 0 saturated carbocycles. The van der Waals surface area contributed by atoms with Gasteiger partial charge in [-0.2, -0.15) is 0 Å². The van der Waals surface area contributed by atoms with Crippen molar-refractivity contribution in [1.29, 1.82) is 5.41 Å². The first-order chi connectivity index (χ1) is 13.2. The van der Waals surface area contributed by atoms with E-state index in [-0.39, 0.29) is 17.6 Å². The van der Waals surface area contributed by atoms with Gasteiger partial charge in [0.2, 0.25) is 0 Å². The maximum absolute atomic E-state index is 11.0. The number of amidine groups is 1. The summed E-state index contributed by atoms with van der Waals surface area (Å²) in [4.78, 5) is 9.58. The molecule has 0 bridgehead atoms. The van der Waals surface area contributed by atoms with Gasteiger partial charge in [-0.15, -0.1) is 0 Å². The Morgan fingerprint density at radius 1 is 1.30 bits per heavy atom. The van der Waals surface area contributed by atoms with Gasteiger partial charge >= 0.3 is 0 Å². The highest BCUT2D eigenvalue weighted by Crippen LogP contribution is 2.43. The molecular formula is C20H18N4O3. The predicted octanol–water partition coefficient (Wildman–Crippen LogP) is 3.49. The zero-order valence-electron chi connectivity index (χ0n) is 14.7. The Labute approximate surface area is 155 Å². The number of aromatic nitrogens is 2. The van der Waals surface area contributed by atoms with Crippen LogP contribution in [0.15, 0.2) is 48.2 Å². The van der Waals surface area contributed by atoms with E-state index in [1.165, 1.54) is 0 Å². The first-order valence-corrected chi connectivity index (χ1v) is 8.74. The van der Waals surface area contributed by atoms with Crippen LogP contribution < -0.4 is 14.4 Å². The summed E-state index contributed by atoms with van der Waals surface area (Å²) in [7, 11) is 1.60. The Balaban J connectivity index is 1.64. The molecule has 3 N–H and O–H groups in total. The van der Waals surface area contributed by atoms with Gasteiger partial charge in [-0.3, -0.25) is 5.41 Å². The third kappa shape index (κ3) is 2.28. The van der Waals surface area contributed by atoms with Crippen molar-refractivity contribution in [3.8, 4) is 11.5 Å². The first kappa shape index (κ1) is 15.7. The number of fused-ring (bicyclic) bond motifs is 4. The number of anilines is 1. The Morgan fingerprint density at radius 3 is 2.96 bits per heavy atom. The zero-order chi connectivity index (χ0) is 18.5. The van der Waals surface area contributed by atoms with Crippen LogP contribution in [0.1, 0.15) is 12.2 Å². The topological polar surface area (TPSA) is 94.5 Å². The van der Waals surface area contributed by atoms with Crippen LogP contribution in [0.2, 0.25) is 0 Å². The number of para-hydroxylation sites is 2. The summed E-state index contributed by atoms with van der Waals surface area (Å²) in [5.74, 6) is 2.16. The minimum atomic E-state index is -0.367. The molecule has 0 aliphatic carbocycles. The molecule has 0 radical (unpaired) electrons. The lowest BCUT2D eigenvalue weighted by Gasteiger charge is -2.25. The third-order valence-corrected chi connectivity index (χ3v) is 5.06. The van der Waals surface area contributed by atoms with Gasteiger partial charge in [0.15, 0.2) is 0 Å². The van der Waals surface area contributed by atoms with Gasteiger partial charge in [0, 0.05) is 12.5 Å². The molecule has 5 rings (SSSR count). The number of ether oxygens (including phenoxy) is 2. The molecule has 2 aliphatic rings. The summed E-state index contributed by atoms with van der Waals surface area (Å²) in [6.45, 7) is 0.450. The third-order valence-electron chi connectivity index (χ3n) is 5.06. The van der Waals surface area contributed by atoms with Crippen molar-refractivity contribution in [3.05, 3.63) is 54.0 Å². The molecular weight excluding hydrogens is 344 g/mol. The molecule has 0 fully saturated rings. The number of H-pyrrole nitrogens is 1. The van der Waals surface area contributed by atoms with Gasteiger partial charge in [-0.25, -0.2) is 4.98 Å². The van der Waals surface area contributed by atoms with Crippen molar-refractivity contribution in [3.63, 3.8) is 0 Å². The van der Waals surface area contributed by atoms with E-state index >= 15 is 0 Å². The van der Waals surface area contributed by atoms with Crippen LogP contribution >= 0.6 is 0 Å². The van der Waals surface area contributed by atoms with E-state index in [9.17, 15) is 5.11 Å². The Morgan fingerprint density at radius 2 is 2.15 bits per heavy atom. The summed E-state index contributed by atoms with van der Waals surface area (Å²) in [6, 6.07) is 12.8. The van der Waals surface area contributed by atoms with Crippen LogP contribution in [-0.4, -0.2) is 40.7 Å². The maximum atomic E-state index is 11.0. The minimum absolute atomic E-state index is 0.137. The lowest BCUT2D eigenvalue weighted by Crippen LogP contribution is -2.35. The normalized spacial score (nSPS) is 18.9. The predicted molar refractivity (Wildman–Crippen MR) is 103 cm³/mol. The summed E-state index contributed by atoms with van der Waals surface area (Å²) in [5, 5.41) is 19.7. The molecule has 3 heterocycles. The van der Waals surface area contributed by atoms with Crippen LogP contribution in [0.4, 0.5) is 5.69 Å². The smallest absolute Gasteiger partial charge is 0.145 e. The SMILES string of the molecule is COc1ccc2c(c1)N1C(=N)C(c3nc4ccccc4[nH]3)=C(O)C1CCO2. The van der Waals surface area contributed by atoms with E-state index in [1.54, 1.807) is 12.0 Å². The minimum Gasteiger partial charge on any atom is -0.509 e. The molecule has 0 amide bonds. The van der Waals surface area contributed by atoms with E-state index < -0.39 is 0 Å². The molecule has 3 aromatic rings. The van der Waals surface area contributed by atoms with Crippen LogP contribution in [0.3, 0.4) is 0 Å². The highest BCUT2D eigenvalue weighted by molar-refractivity contribution is 6.31. The summed E-state index contributed by atoms with van der Waals surface area (Å²) < 4.78 is 11.2. The Bertz CT molecular complexity index is 1070. The van der Waals surface area contributed by atoms with Gasteiger partial charge in [-0.1, -0.05) is 12.1 Å². The number of imidazole rings is 1. The monoisotopic (exact) mass is 362 g/mol. The number of rotatable bonds is 2. The number of hydrogen-bond acceptors (Lipinski definition) is 5. The van der Waals surface area contributed by atoms with Crippen molar-refractivity contribution in [2.75, 3.05) is 18.6 Å². The second-order valence-electron chi connectivity index (χ2n) is 6.57. The van der Waals surface area contributed by atoms with E-state index in [1.807, 2.05) is 42.5 Å². The number of aromatic amines is 1. The van der Waals surface area contributed by atoms with Crippen molar-refractivity contribution < 1.29 is 14.6 Å². The van der Waals surface area contributed by atoms with Crippen LogP contribution in [-0.2, 0) is 0 Å². The van der Waals surface area contributed by atoms with Gasteiger partial charge in [0.05, 0.1) is 42.1 Å². The molecule has 1 atom stereocenters. The quantitative estimate of drug-likeness (QED) is 0.649. The van der Waals surface area contributed by atoms with E-state index in [4.69, 9.17) is 14.9 Å². The number of nitrogens with one attached hydrogen (secondary N) is 2. The molecule has 2 aromatic carbocycles. The van der Waals surface area contributed by atoms with E-state index in [2.05, 4.69) is 9.97 Å². The first-order valence-electron chi connectivity index (χ1n) is 8.74. The standard InChI is InChI=1S/C20H18N4O3/c1-26-11-6-7-16-15(10-11)24-14(8-9-27-16)18(25)17(19(24)21)20-22-12-4-2-3-5-13(12)23-20/h2-7,10,14,21,25H,8-9H2,1H3,(H,22,23). The molecule has 1 aromatic heterocycles. The van der Waals surface area contributed by atoms with Crippen molar-refractivity contribution in [2.24, 2.45) is 0 Å². The summed E-state index contributed by atoms with van der Waals surface area (Å²) >= 11 is 0. The number of benzene rings is 2. The van der Waals surface area contributed by atoms with Crippen LogP contribution in [0.25, 0.3) is 16.6 Å². The van der Waals surface area contributed by atoms with Crippen molar-refractivity contribution in [1.82, 2.24) is 9.97 Å². The van der Waals surface area contributed by atoms with Crippen LogP contribution in [0, 0.1) is 5.41 Å². The molecule has 2 aliphatic heterocycles. The lowest BCUT2D eigenvalue weighted by molar-refractivity contribution is 0.296. The van der Waals surface area contributed by atoms with E-state index in [0.29, 0.717) is 41.6 Å². The highest BCUT2D eigenvalue weighted by atomic mass is 16.5. The summed E-state index contributed by atoms with van der Waals surface area (Å²) in [5.41, 5.74) is 2.80. The average molecular weight is 362 g/mol. The fourth-order valence-electron chi connectivity index (χ4n) is 3.76. The molecule has 1 unspecified atom stereocenters. The zero-order valence-corrected chi connectivity index (χ0v) is 14.7. The van der Waals surface area contributed by atoms with E-state index in [0.717, 1.165) is 11.0 Å². The second kappa shape index (κ2) is 5.77. The lowest BCUT2D eigenvalue weighted by atomic mass is 10.1. The van der Waals surface area contributed by atoms with Crippen molar-refractivity contribution in [2.45, 2.75) is 12.5 Å². The van der Waals surface area contributed by atoms with Gasteiger partial charge < -0.3 is 24.5 Å². The largest absolute Gasteiger partial charge is 0.509 e. The number of aliphatic hydroxyl groups is 1. The maximum Gasteiger partial charge on any atom is 0.145 e. The van der Waals surface area contributed by atoms with Gasteiger partial charge in [0.1, 0.15) is 28.9 Å². The molecule has 0 saturated heterocycles. The fourth-order valence-corrected chi connectivity index (χ4v) is 3.76. The number of nitrogens with zero attached hydrogens (tertiary/aromatic N) is 2. The molecule has 136 valence electrons. The number of aliphatic hydroxyl groups excluding tert-OH is 1. The Kier molecular flexibility index (Phi) is 3.36. The molecule has 7 nitrogen and oxygen atoms in total.